The number of fused-ring (bicyclic) bond motifs is 1. The number of esters is 1. The van der Waals surface area contributed by atoms with E-state index in [1.54, 1.807) is 29.1 Å². The van der Waals surface area contributed by atoms with Crippen LogP contribution < -0.4 is 0 Å². The Balaban J connectivity index is 2.19. The Morgan fingerprint density at radius 3 is 2.95 bits per heavy atom. The lowest BCUT2D eigenvalue weighted by Crippen LogP contribution is -2.04. The smallest absolute Gasteiger partial charge is 0.337 e. The van der Waals surface area contributed by atoms with Gasteiger partial charge < -0.3 is 4.74 Å². The Hall–Kier alpha value is -1.96. The molecule has 0 N–H and O–H groups in total. The molecule has 0 bridgehead atoms. The summed E-state index contributed by atoms with van der Waals surface area (Å²) in [6.45, 7) is 0. The predicted molar refractivity (Wildman–Crippen MR) is 82.9 cm³/mol. The Bertz CT molecular complexity index is 798. The van der Waals surface area contributed by atoms with Crippen LogP contribution in [0.15, 0.2) is 42.6 Å². The zero-order valence-electron chi connectivity index (χ0n) is 10.6. The molecule has 0 unspecified atom stereocenters. The number of nitrogens with zero attached hydrogens (tertiary/aromatic N) is 3. The van der Waals surface area contributed by atoms with E-state index in [1.807, 2.05) is 18.2 Å². The number of pyridine rings is 1. The van der Waals surface area contributed by atoms with Crippen molar-refractivity contribution in [3.8, 4) is 5.69 Å². The number of benzene rings is 1. The molecule has 0 saturated heterocycles. The van der Waals surface area contributed by atoms with Crippen molar-refractivity contribution in [1.29, 1.82) is 0 Å². The maximum absolute atomic E-state index is 11.6. The molecule has 100 valence electrons. The molecule has 5 nitrogen and oxygen atoms in total. The van der Waals surface area contributed by atoms with Crippen LogP contribution in [0.4, 0.5) is 0 Å². The summed E-state index contributed by atoms with van der Waals surface area (Å²) in [6, 6.07) is 11.0. The number of aromatic nitrogens is 3. The fourth-order valence-electron chi connectivity index (χ4n) is 1.98. The molecule has 2 heterocycles. The first-order valence-corrected chi connectivity index (χ1v) is 6.96. The number of rotatable bonds is 2. The largest absolute Gasteiger partial charge is 0.465 e. The van der Waals surface area contributed by atoms with E-state index < -0.39 is 0 Å². The van der Waals surface area contributed by atoms with Gasteiger partial charge in [-0.3, -0.25) is 0 Å². The highest BCUT2D eigenvalue weighted by molar-refractivity contribution is 14.1. The molecule has 2 aromatic heterocycles. The predicted octanol–water partition coefficient (Wildman–Crippen LogP) is 2.81. The van der Waals surface area contributed by atoms with Gasteiger partial charge in [-0.25, -0.2) is 14.5 Å². The Kier molecular flexibility index (Phi) is 3.39. The van der Waals surface area contributed by atoms with Gasteiger partial charge in [0.25, 0.3) is 0 Å². The van der Waals surface area contributed by atoms with Gasteiger partial charge in [0.15, 0.2) is 5.65 Å². The maximum Gasteiger partial charge on any atom is 0.337 e. The van der Waals surface area contributed by atoms with Crippen molar-refractivity contribution < 1.29 is 9.53 Å². The van der Waals surface area contributed by atoms with E-state index >= 15 is 0 Å². The minimum atomic E-state index is -0.369. The molecule has 3 rings (SSSR count). The van der Waals surface area contributed by atoms with Crippen LogP contribution in [0.25, 0.3) is 16.7 Å². The fraction of sp³-hybridized carbons (Fsp3) is 0.0714. The highest BCUT2D eigenvalue weighted by atomic mass is 127. The molecule has 0 radical (unpaired) electrons. The molecule has 0 aliphatic carbocycles. The van der Waals surface area contributed by atoms with Crippen molar-refractivity contribution in [3.05, 3.63) is 51.9 Å². The first-order valence-electron chi connectivity index (χ1n) is 5.88. The third-order valence-corrected chi connectivity index (χ3v) is 3.71. The SMILES string of the molecule is COC(=O)c1cccc(-n2nc(I)c3cccnc32)c1. The molecule has 0 fully saturated rings. The average molecular weight is 379 g/mol. The summed E-state index contributed by atoms with van der Waals surface area (Å²) in [5.74, 6) is -0.369. The van der Waals surface area contributed by atoms with Crippen molar-refractivity contribution in [1.82, 2.24) is 14.8 Å². The number of halogens is 1. The summed E-state index contributed by atoms with van der Waals surface area (Å²) in [5, 5.41) is 5.46. The van der Waals surface area contributed by atoms with E-state index in [0.29, 0.717) is 5.56 Å². The number of hydrogen-bond donors (Lipinski definition) is 0. The summed E-state index contributed by atoms with van der Waals surface area (Å²) in [5.41, 5.74) is 2.03. The Morgan fingerprint density at radius 1 is 1.30 bits per heavy atom. The van der Waals surface area contributed by atoms with Gasteiger partial charge in [-0.1, -0.05) is 6.07 Å². The van der Waals surface area contributed by atoms with Crippen LogP contribution in [0.5, 0.6) is 0 Å². The van der Waals surface area contributed by atoms with Crippen molar-refractivity contribution in [3.63, 3.8) is 0 Å². The molecule has 0 aliphatic rings. The summed E-state index contributed by atoms with van der Waals surface area (Å²) >= 11 is 2.17. The summed E-state index contributed by atoms with van der Waals surface area (Å²) in [6.07, 6.45) is 1.72. The number of methoxy groups -OCH3 is 1. The molecule has 6 heteroatoms. The number of ether oxygens (including phenoxy) is 1. The quantitative estimate of drug-likeness (QED) is 0.508. The zero-order valence-corrected chi connectivity index (χ0v) is 12.7. The molecule has 3 aromatic rings. The van der Waals surface area contributed by atoms with Crippen LogP contribution in [0, 0.1) is 3.70 Å². The summed E-state index contributed by atoms with van der Waals surface area (Å²) in [7, 11) is 1.36. The lowest BCUT2D eigenvalue weighted by atomic mass is 10.2. The maximum atomic E-state index is 11.6. The Morgan fingerprint density at radius 2 is 2.15 bits per heavy atom. The highest BCUT2D eigenvalue weighted by Crippen LogP contribution is 2.22. The second-order valence-electron chi connectivity index (χ2n) is 4.12. The van der Waals surface area contributed by atoms with Gasteiger partial charge in [0, 0.05) is 6.20 Å². The molecule has 20 heavy (non-hydrogen) atoms. The molecule has 0 atom stereocenters. The molecule has 0 aliphatic heterocycles. The molecular weight excluding hydrogens is 369 g/mol. The van der Waals surface area contributed by atoms with Gasteiger partial charge in [-0.05, 0) is 52.9 Å². The standard InChI is InChI=1S/C14H10IN3O2/c1-20-14(19)9-4-2-5-10(8-9)18-13-11(12(15)17-18)6-3-7-16-13/h2-8H,1H3. The van der Waals surface area contributed by atoms with Crippen LogP contribution in [-0.4, -0.2) is 27.8 Å². The average Bonchev–Trinajstić information content (AvgIpc) is 2.84. The monoisotopic (exact) mass is 379 g/mol. The summed E-state index contributed by atoms with van der Waals surface area (Å²) < 4.78 is 7.33. The van der Waals surface area contributed by atoms with Crippen molar-refractivity contribution >= 4 is 39.6 Å². The fourth-order valence-corrected chi connectivity index (χ4v) is 2.62. The van der Waals surface area contributed by atoms with Crippen LogP contribution in [-0.2, 0) is 4.74 Å². The van der Waals surface area contributed by atoms with Crippen molar-refractivity contribution in [2.75, 3.05) is 7.11 Å². The van der Waals surface area contributed by atoms with Gasteiger partial charge in [0.1, 0.15) is 3.70 Å². The van der Waals surface area contributed by atoms with Crippen LogP contribution in [0.1, 0.15) is 10.4 Å². The van der Waals surface area contributed by atoms with E-state index in [4.69, 9.17) is 4.74 Å². The molecule has 1 aromatic carbocycles. The third-order valence-electron chi connectivity index (χ3n) is 2.91. The topological polar surface area (TPSA) is 57.0 Å². The Labute approximate surface area is 128 Å². The van der Waals surface area contributed by atoms with Crippen LogP contribution in [0.2, 0.25) is 0 Å². The second kappa shape index (κ2) is 5.20. The molecular formula is C14H10IN3O2. The summed E-state index contributed by atoms with van der Waals surface area (Å²) in [4.78, 5) is 15.9. The molecule has 0 saturated carbocycles. The lowest BCUT2D eigenvalue weighted by molar-refractivity contribution is 0.0600. The minimum absolute atomic E-state index is 0.369. The lowest BCUT2D eigenvalue weighted by Gasteiger charge is -2.04. The number of carbonyl (C=O) groups excluding carboxylic acids is 1. The van der Waals surface area contributed by atoms with Gasteiger partial charge in [0.2, 0.25) is 0 Å². The third kappa shape index (κ3) is 2.15. The van der Waals surface area contributed by atoms with Gasteiger partial charge in [-0.2, -0.15) is 5.10 Å². The van der Waals surface area contributed by atoms with E-state index in [2.05, 4.69) is 32.7 Å². The van der Waals surface area contributed by atoms with E-state index in [0.717, 1.165) is 20.4 Å². The molecule has 0 spiro atoms. The normalized spacial score (nSPS) is 10.7. The highest BCUT2D eigenvalue weighted by Gasteiger charge is 2.12. The van der Waals surface area contributed by atoms with Gasteiger partial charge >= 0.3 is 5.97 Å². The van der Waals surface area contributed by atoms with Crippen molar-refractivity contribution in [2.45, 2.75) is 0 Å². The zero-order chi connectivity index (χ0) is 14.1. The molecule has 0 amide bonds. The van der Waals surface area contributed by atoms with Gasteiger partial charge in [0.05, 0.1) is 23.7 Å². The van der Waals surface area contributed by atoms with Gasteiger partial charge in [-0.15, -0.1) is 0 Å². The van der Waals surface area contributed by atoms with Crippen LogP contribution in [0.3, 0.4) is 0 Å². The first kappa shape index (κ1) is 13.0. The van der Waals surface area contributed by atoms with E-state index in [-0.39, 0.29) is 5.97 Å². The second-order valence-corrected chi connectivity index (χ2v) is 5.14. The first-order chi connectivity index (χ1) is 9.70. The number of hydrogen-bond acceptors (Lipinski definition) is 4. The van der Waals surface area contributed by atoms with E-state index in [9.17, 15) is 4.79 Å². The minimum Gasteiger partial charge on any atom is -0.465 e. The van der Waals surface area contributed by atoms with E-state index in [1.165, 1.54) is 7.11 Å². The van der Waals surface area contributed by atoms with Crippen LogP contribution >= 0.6 is 22.6 Å². The van der Waals surface area contributed by atoms with Crippen molar-refractivity contribution in [2.24, 2.45) is 0 Å². The number of carbonyl (C=O) groups is 1.